The van der Waals surface area contributed by atoms with E-state index in [0.29, 0.717) is 0 Å². The van der Waals surface area contributed by atoms with E-state index >= 15 is 0 Å². The summed E-state index contributed by atoms with van der Waals surface area (Å²) in [7, 11) is 0. The van der Waals surface area contributed by atoms with Gasteiger partial charge in [0.2, 0.25) is 0 Å². The summed E-state index contributed by atoms with van der Waals surface area (Å²) < 4.78 is 6.19. The molecule has 140 valence electrons. The van der Waals surface area contributed by atoms with Crippen molar-refractivity contribution in [3.05, 3.63) is 91.3 Å². The van der Waals surface area contributed by atoms with Gasteiger partial charge in [-0.1, -0.05) is 42.5 Å². The second-order valence-electron chi connectivity index (χ2n) is 7.49. The molecule has 0 N–H and O–H groups in total. The summed E-state index contributed by atoms with van der Waals surface area (Å²) in [6, 6.07) is 27.1. The van der Waals surface area contributed by atoms with Crippen molar-refractivity contribution in [3.8, 4) is 34.0 Å². The first-order valence-corrected chi connectivity index (χ1v) is 9.94. The molecule has 4 aromatic carbocycles. The van der Waals surface area contributed by atoms with E-state index in [0.717, 1.165) is 51.1 Å². The molecule has 4 nitrogen and oxygen atoms in total. The highest BCUT2D eigenvalue weighted by Gasteiger charge is 2.29. The van der Waals surface area contributed by atoms with Crippen molar-refractivity contribution in [2.75, 3.05) is 4.90 Å². The molecule has 7 rings (SSSR count). The highest BCUT2D eigenvalue weighted by molar-refractivity contribution is 6.17. The van der Waals surface area contributed by atoms with Crippen LogP contribution in [0.3, 0.4) is 0 Å². The van der Waals surface area contributed by atoms with E-state index in [2.05, 4.69) is 57.3 Å². The SMILES string of the molecule is c1ccc2c(c1)Oc1ccccc1N2c1ccc2c3c(cccc13)-c1nccnc1-2. The minimum Gasteiger partial charge on any atom is -0.453 e. The zero-order valence-electron chi connectivity index (χ0n) is 15.9. The van der Waals surface area contributed by atoms with Crippen LogP contribution in [0.5, 0.6) is 11.5 Å². The monoisotopic (exact) mass is 385 g/mol. The van der Waals surface area contributed by atoms with Gasteiger partial charge in [-0.25, -0.2) is 0 Å². The third-order valence-electron chi connectivity index (χ3n) is 5.90. The van der Waals surface area contributed by atoms with E-state index in [1.54, 1.807) is 12.4 Å². The number of ether oxygens (including phenoxy) is 1. The van der Waals surface area contributed by atoms with Gasteiger partial charge in [-0.2, -0.15) is 0 Å². The molecule has 1 aliphatic heterocycles. The molecule has 5 aromatic rings. The van der Waals surface area contributed by atoms with Gasteiger partial charge in [0, 0.05) is 34.3 Å². The number of rotatable bonds is 1. The summed E-state index contributed by atoms with van der Waals surface area (Å²) >= 11 is 0. The zero-order valence-corrected chi connectivity index (χ0v) is 15.9. The standard InChI is InChI=1S/C26H15N3O/c1-3-10-22-20(8-1)29(21-9-2-4-11-23(21)30-22)19-13-12-18-24-16(19)6-5-7-17(24)25-26(18)28-15-14-27-25/h1-15H. The summed E-state index contributed by atoms with van der Waals surface area (Å²) in [5.74, 6) is 1.71. The summed E-state index contributed by atoms with van der Waals surface area (Å²) in [5, 5.41) is 2.38. The molecule has 0 spiro atoms. The number of hydrogen-bond acceptors (Lipinski definition) is 4. The first-order valence-electron chi connectivity index (χ1n) is 9.94. The van der Waals surface area contributed by atoms with Gasteiger partial charge in [0.1, 0.15) is 0 Å². The number of aromatic nitrogens is 2. The van der Waals surface area contributed by atoms with E-state index in [-0.39, 0.29) is 0 Å². The Bertz CT molecular complexity index is 1420. The largest absolute Gasteiger partial charge is 0.453 e. The molecule has 2 aliphatic rings. The lowest BCUT2D eigenvalue weighted by Crippen LogP contribution is -2.16. The molecule has 0 fully saturated rings. The van der Waals surface area contributed by atoms with Crippen LogP contribution in [0.25, 0.3) is 33.3 Å². The van der Waals surface area contributed by atoms with Crippen molar-refractivity contribution in [2.45, 2.75) is 0 Å². The molecule has 0 saturated carbocycles. The molecule has 30 heavy (non-hydrogen) atoms. The second-order valence-corrected chi connectivity index (χ2v) is 7.49. The Kier molecular flexibility index (Phi) is 2.97. The molecule has 4 heteroatoms. The molecule has 1 aromatic heterocycles. The summed E-state index contributed by atoms with van der Waals surface area (Å²) in [4.78, 5) is 11.5. The van der Waals surface area contributed by atoms with E-state index in [1.165, 1.54) is 10.8 Å². The summed E-state index contributed by atoms with van der Waals surface area (Å²) in [6.45, 7) is 0. The Morgan fingerprint density at radius 2 is 1.20 bits per heavy atom. The van der Waals surface area contributed by atoms with Gasteiger partial charge >= 0.3 is 0 Å². The number of benzene rings is 4. The minimum atomic E-state index is 0.853. The zero-order chi connectivity index (χ0) is 19.7. The quantitative estimate of drug-likeness (QED) is 0.310. The number of anilines is 3. The van der Waals surface area contributed by atoms with Gasteiger partial charge in [0.25, 0.3) is 0 Å². The Morgan fingerprint density at radius 3 is 1.90 bits per heavy atom. The van der Waals surface area contributed by atoms with Crippen LogP contribution in [-0.4, -0.2) is 9.97 Å². The smallest absolute Gasteiger partial charge is 0.151 e. The average Bonchev–Trinajstić information content (AvgIpc) is 3.14. The highest BCUT2D eigenvalue weighted by Crippen LogP contribution is 2.54. The van der Waals surface area contributed by atoms with Gasteiger partial charge in [-0.05, 0) is 36.4 Å². The van der Waals surface area contributed by atoms with Crippen LogP contribution in [-0.2, 0) is 0 Å². The van der Waals surface area contributed by atoms with E-state index in [1.807, 2.05) is 36.4 Å². The van der Waals surface area contributed by atoms with Crippen LogP contribution < -0.4 is 9.64 Å². The Hall–Kier alpha value is -4.18. The lowest BCUT2D eigenvalue weighted by molar-refractivity contribution is 0.477. The third kappa shape index (κ3) is 1.95. The maximum Gasteiger partial charge on any atom is 0.151 e. The van der Waals surface area contributed by atoms with Crippen LogP contribution in [0.2, 0.25) is 0 Å². The minimum absolute atomic E-state index is 0.853. The summed E-state index contributed by atoms with van der Waals surface area (Å²) in [5.41, 5.74) is 7.37. The van der Waals surface area contributed by atoms with Crippen molar-refractivity contribution in [2.24, 2.45) is 0 Å². The van der Waals surface area contributed by atoms with Gasteiger partial charge in [-0.3, -0.25) is 9.97 Å². The third-order valence-corrected chi connectivity index (χ3v) is 5.90. The molecular formula is C26H15N3O. The molecular weight excluding hydrogens is 370 g/mol. The van der Waals surface area contributed by atoms with Gasteiger partial charge in [0.05, 0.1) is 28.5 Å². The van der Waals surface area contributed by atoms with Crippen LogP contribution in [0, 0.1) is 0 Å². The van der Waals surface area contributed by atoms with Gasteiger partial charge < -0.3 is 9.64 Å². The predicted octanol–water partition coefficient (Wildman–Crippen LogP) is 6.85. The molecule has 1 aliphatic carbocycles. The number of hydrogen-bond donors (Lipinski definition) is 0. The van der Waals surface area contributed by atoms with E-state index < -0.39 is 0 Å². The topological polar surface area (TPSA) is 38.2 Å². The maximum absolute atomic E-state index is 6.19. The van der Waals surface area contributed by atoms with Crippen LogP contribution >= 0.6 is 0 Å². The predicted molar refractivity (Wildman–Crippen MR) is 119 cm³/mol. The van der Waals surface area contributed by atoms with Gasteiger partial charge in [-0.15, -0.1) is 0 Å². The Balaban J connectivity index is 1.57. The lowest BCUT2D eigenvalue weighted by Gasteiger charge is -2.33. The van der Waals surface area contributed by atoms with Crippen molar-refractivity contribution in [1.82, 2.24) is 9.97 Å². The Morgan fingerprint density at radius 1 is 0.567 bits per heavy atom. The van der Waals surface area contributed by atoms with Crippen LogP contribution in [0.15, 0.2) is 91.3 Å². The number of fused-ring (bicyclic) bond motifs is 5. The second kappa shape index (κ2) is 5.67. The molecule has 0 bridgehead atoms. The highest BCUT2D eigenvalue weighted by atomic mass is 16.5. The maximum atomic E-state index is 6.19. The van der Waals surface area contributed by atoms with Crippen molar-refractivity contribution in [3.63, 3.8) is 0 Å². The molecule has 0 amide bonds. The lowest BCUT2D eigenvalue weighted by atomic mass is 10.0. The van der Waals surface area contributed by atoms with Crippen LogP contribution in [0.4, 0.5) is 17.1 Å². The normalized spacial score (nSPS) is 12.9. The van der Waals surface area contributed by atoms with Gasteiger partial charge in [0.15, 0.2) is 11.5 Å². The summed E-state index contributed by atoms with van der Waals surface area (Å²) in [6.07, 6.45) is 3.53. The van der Waals surface area contributed by atoms with Crippen LogP contribution in [0.1, 0.15) is 0 Å². The van der Waals surface area contributed by atoms with E-state index in [9.17, 15) is 0 Å². The Labute approximate surface area is 173 Å². The molecule has 0 radical (unpaired) electrons. The number of nitrogens with zero attached hydrogens (tertiary/aromatic N) is 3. The fraction of sp³-hybridized carbons (Fsp3) is 0. The first kappa shape index (κ1) is 15.7. The molecule has 2 heterocycles. The van der Waals surface area contributed by atoms with Crippen molar-refractivity contribution >= 4 is 27.8 Å². The average molecular weight is 385 g/mol. The molecule has 0 atom stereocenters. The number of para-hydroxylation sites is 4. The molecule has 0 saturated heterocycles. The first-order chi connectivity index (χ1) is 14.9. The fourth-order valence-electron chi connectivity index (χ4n) is 4.68. The van der Waals surface area contributed by atoms with Crippen molar-refractivity contribution < 1.29 is 4.74 Å². The van der Waals surface area contributed by atoms with Crippen molar-refractivity contribution in [1.29, 1.82) is 0 Å². The fourth-order valence-corrected chi connectivity index (χ4v) is 4.68. The molecule has 0 unspecified atom stereocenters. The van der Waals surface area contributed by atoms with E-state index in [4.69, 9.17) is 4.74 Å².